The fourth-order valence-electron chi connectivity index (χ4n) is 2.25. The second-order valence-corrected chi connectivity index (χ2v) is 9.29. The van der Waals surface area contributed by atoms with Gasteiger partial charge in [-0.05, 0) is 34.1 Å². The molecule has 0 saturated heterocycles. The Morgan fingerprint density at radius 1 is 0.808 bits per heavy atom. The summed E-state index contributed by atoms with van der Waals surface area (Å²) < 4.78 is 51.5. The van der Waals surface area contributed by atoms with Crippen molar-refractivity contribution in [2.45, 2.75) is 40.5 Å². The zero-order valence-electron chi connectivity index (χ0n) is 16.5. The van der Waals surface area contributed by atoms with Gasteiger partial charge in [0, 0.05) is 13.0 Å². The van der Waals surface area contributed by atoms with Crippen molar-refractivity contribution in [2.24, 2.45) is 0 Å². The second kappa shape index (κ2) is 13.8. The van der Waals surface area contributed by atoms with Crippen LogP contribution in [0.1, 0.15) is 40.5 Å². The summed E-state index contributed by atoms with van der Waals surface area (Å²) in [5.74, 6) is -0.347. The van der Waals surface area contributed by atoms with Gasteiger partial charge < -0.3 is 22.8 Å². The molecule has 0 spiro atoms. The Bertz CT molecular complexity index is 436. The molecule has 0 aromatic rings. The molecule has 0 radical (unpaired) electrons. The van der Waals surface area contributed by atoms with Crippen LogP contribution in [0.2, 0.25) is 0 Å². The van der Waals surface area contributed by atoms with Crippen LogP contribution in [0.3, 0.4) is 0 Å². The summed E-state index contributed by atoms with van der Waals surface area (Å²) in [5, 5.41) is 0. The Hall–Kier alpha value is -0.270. The van der Waals surface area contributed by atoms with Crippen molar-refractivity contribution in [3.8, 4) is 0 Å². The third-order valence-corrected chi connectivity index (χ3v) is 7.23. The SMILES string of the molecule is CCOP(=O)(CN(CCCC(=O)OC)CP(=O)(OCC)OCC)OCC. The maximum absolute atomic E-state index is 12.8. The topological polar surface area (TPSA) is 101 Å². The van der Waals surface area contributed by atoms with Crippen LogP contribution in [0.4, 0.5) is 0 Å². The van der Waals surface area contributed by atoms with Crippen LogP contribution in [0.15, 0.2) is 0 Å². The van der Waals surface area contributed by atoms with Gasteiger partial charge in [0.05, 0.1) is 33.5 Å². The molecule has 0 aliphatic rings. The molecule has 0 rings (SSSR count). The summed E-state index contributed by atoms with van der Waals surface area (Å²) in [5.41, 5.74) is 0. The minimum Gasteiger partial charge on any atom is -0.469 e. The smallest absolute Gasteiger partial charge is 0.344 e. The highest BCUT2D eigenvalue weighted by Crippen LogP contribution is 2.53. The number of nitrogens with zero attached hydrogens (tertiary/aromatic N) is 1. The van der Waals surface area contributed by atoms with Gasteiger partial charge in [-0.2, -0.15) is 0 Å². The predicted octanol–water partition coefficient (Wildman–Crippen LogP) is 3.69. The van der Waals surface area contributed by atoms with E-state index in [9.17, 15) is 13.9 Å². The number of carbonyl (C=O) groups is 1. The lowest BCUT2D eigenvalue weighted by Gasteiger charge is -2.29. The van der Waals surface area contributed by atoms with Gasteiger partial charge in [0.1, 0.15) is 12.6 Å². The maximum atomic E-state index is 12.8. The van der Waals surface area contributed by atoms with Gasteiger partial charge in [-0.3, -0.25) is 18.8 Å². The van der Waals surface area contributed by atoms with Crippen LogP contribution in [0.5, 0.6) is 0 Å². The molecular weight excluding hydrogens is 384 g/mol. The van der Waals surface area contributed by atoms with E-state index in [0.717, 1.165) is 0 Å². The molecule has 0 fully saturated rings. The van der Waals surface area contributed by atoms with E-state index in [1.54, 1.807) is 32.6 Å². The highest BCUT2D eigenvalue weighted by molar-refractivity contribution is 7.54. The quantitative estimate of drug-likeness (QED) is 0.275. The van der Waals surface area contributed by atoms with Crippen LogP contribution in [-0.4, -0.2) is 63.5 Å². The molecule has 156 valence electrons. The summed E-state index contributed by atoms with van der Waals surface area (Å²) in [7, 11) is -5.47. The molecule has 0 unspecified atom stereocenters. The van der Waals surface area contributed by atoms with Crippen LogP contribution in [-0.2, 0) is 36.8 Å². The van der Waals surface area contributed by atoms with E-state index in [2.05, 4.69) is 4.74 Å². The van der Waals surface area contributed by atoms with E-state index < -0.39 is 15.2 Å². The highest BCUT2D eigenvalue weighted by Gasteiger charge is 2.33. The van der Waals surface area contributed by atoms with Crippen molar-refractivity contribution in [1.82, 2.24) is 4.90 Å². The molecule has 9 nitrogen and oxygen atoms in total. The molecule has 0 amide bonds. The van der Waals surface area contributed by atoms with E-state index in [0.29, 0.717) is 13.0 Å². The molecule has 0 N–H and O–H groups in total. The van der Waals surface area contributed by atoms with E-state index >= 15 is 0 Å². The van der Waals surface area contributed by atoms with Gasteiger partial charge in [0.15, 0.2) is 0 Å². The lowest BCUT2D eigenvalue weighted by Crippen LogP contribution is -2.29. The molecule has 0 aliphatic carbocycles. The average Bonchev–Trinajstić information content (AvgIpc) is 2.55. The monoisotopic (exact) mass is 417 g/mol. The Morgan fingerprint density at radius 2 is 1.19 bits per heavy atom. The van der Waals surface area contributed by atoms with Crippen LogP contribution in [0.25, 0.3) is 0 Å². The molecule has 0 aromatic heterocycles. The fourth-order valence-corrected chi connectivity index (χ4v) is 5.92. The first-order valence-electron chi connectivity index (χ1n) is 8.83. The van der Waals surface area contributed by atoms with E-state index in [1.807, 2.05) is 0 Å². The first-order valence-corrected chi connectivity index (χ1v) is 12.3. The fraction of sp³-hybridized carbons (Fsp3) is 0.933. The van der Waals surface area contributed by atoms with E-state index in [1.165, 1.54) is 7.11 Å². The van der Waals surface area contributed by atoms with Gasteiger partial charge in [-0.1, -0.05) is 0 Å². The first-order chi connectivity index (χ1) is 12.3. The molecule has 0 saturated carbocycles. The van der Waals surface area contributed by atoms with Crippen molar-refractivity contribution < 1.29 is 36.8 Å². The van der Waals surface area contributed by atoms with Crippen LogP contribution in [0, 0.1) is 0 Å². The highest BCUT2D eigenvalue weighted by atomic mass is 31.2. The van der Waals surface area contributed by atoms with Gasteiger partial charge in [-0.15, -0.1) is 0 Å². The van der Waals surface area contributed by atoms with Crippen molar-refractivity contribution in [1.29, 1.82) is 0 Å². The molecule has 0 atom stereocenters. The summed E-state index contributed by atoms with van der Waals surface area (Å²) in [4.78, 5) is 13.0. The maximum Gasteiger partial charge on any atom is 0.344 e. The lowest BCUT2D eigenvalue weighted by molar-refractivity contribution is -0.140. The van der Waals surface area contributed by atoms with Gasteiger partial charge in [-0.25, -0.2) is 0 Å². The van der Waals surface area contributed by atoms with Crippen molar-refractivity contribution in [3.63, 3.8) is 0 Å². The van der Waals surface area contributed by atoms with Gasteiger partial charge in [0.25, 0.3) is 0 Å². The zero-order valence-corrected chi connectivity index (χ0v) is 18.3. The minimum atomic E-state index is -3.39. The lowest BCUT2D eigenvalue weighted by atomic mass is 10.3. The van der Waals surface area contributed by atoms with Gasteiger partial charge >= 0.3 is 21.2 Å². The molecule has 26 heavy (non-hydrogen) atoms. The molecule has 0 aromatic carbocycles. The molecule has 0 bridgehead atoms. The summed E-state index contributed by atoms with van der Waals surface area (Å²) in [6, 6.07) is 0. The van der Waals surface area contributed by atoms with Crippen molar-refractivity contribution in [2.75, 3.05) is 52.7 Å². The Kier molecular flexibility index (Phi) is 13.7. The summed E-state index contributed by atoms with van der Waals surface area (Å²) in [6.45, 7) is 8.12. The standard InChI is InChI=1S/C15H33NO8P2/c1-6-21-25(18,22-7-2)13-16(12-10-11-15(17)20-5)14-26(19,23-8-3)24-9-4/h6-14H2,1-5H3. The van der Waals surface area contributed by atoms with E-state index in [4.69, 9.17) is 18.1 Å². The normalized spacial score (nSPS) is 12.5. The van der Waals surface area contributed by atoms with Crippen molar-refractivity contribution >= 4 is 21.2 Å². The molecule has 11 heteroatoms. The first kappa shape index (κ1) is 25.7. The third-order valence-electron chi connectivity index (χ3n) is 3.13. The number of rotatable bonds is 16. The molecule has 0 heterocycles. The number of ether oxygens (including phenoxy) is 1. The van der Waals surface area contributed by atoms with Crippen LogP contribution >= 0.6 is 15.2 Å². The average molecular weight is 417 g/mol. The molecular formula is C15H33NO8P2. The van der Waals surface area contributed by atoms with Crippen LogP contribution < -0.4 is 0 Å². The number of carbonyl (C=O) groups excluding carboxylic acids is 1. The predicted molar refractivity (Wildman–Crippen MR) is 99.4 cm³/mol. The number of hydrogen-bond acceptors (Lipinski definition) is 9. The Balaban J connectivity index is 5.21. The zero-order chi connectivity index (χ0) is 20.1. The Labute approximate surface area is 156 Å². The largest absolute Gasteiger partial charge is 0.469 e. The summed E-state index contributed by atoms with van der Waals surface area (Å²) in [6.07, 6.45) is 0.483. The second-order valence-electron chi connectivity index (χ2n) is 5.25. The van der Waals surface area contributed by atoms with E-state index in [-0.39, 0.29) is 51.4 Å². The number of hydrogen-bond donors (Lipinski definition) is 0. The summed E-state index contributed by atoms with van der Waals surface area (Å²) >= 11 is 0. The Morgan fingerprint density at radius 3 is 1.50 bits per heavy atom. The number of esters is 1. The van der Waals surface area contributed by atoms with Gasteiger partial charge in [0.2, 0.25) is 0 Å². The van der Waals surface area contributed by atoms with Crippen molar-refractivity contribution in [3.05, 3.63) is 0 Å². The number of methoxy groups -OCH3 is 1. The minimum absolute atomic E-state index is 0.0695. The third kappa shape index (κ3) is 10.8. The molecule has 0 aliphatic heterocycles.